The van der Waals surface area contributed by atoms with E-state index in [4.69, 9.17) is 16.3 Å². The van der Waals surface area contributed by atoms with Crippen LogP contribution in [0.3, 0.4) is 0 Å². The summed E-state index contributed by atoms with van der Waals surface area (Å²) >= 11 is 5.81. The number of amides is 1. The first-order valence-electron chi connectivity index (χ1n) is 8.57. The van der Waals surface area contributed by atoms with Gasteiger partial charge in [-0.25, -0.2) is 9.18 Å². The number of alkyl carbamates (subject to hydrolysis) is 1. The zero-order valence-electron chi connectivity index (χ0n) is 15.6. The lowest BCUT2D eigenvalue weighted by molar-refractivity contribution is 0.0507. The molecule has 1 aliphatic heterocycles. The van der Waals surface area contributed by atoms with Crippen molar-refractivity contribution in [3.63, 3.8) is 0 Å². The Hall–Kier alpha value is -2.02. The maximum absolute atomic E-state index is 13.2. The predicted molar refractivity (Wildman–Crippen MR) is 101 cm³/mol. The molecule has 0 radical (unpaired) electrons. The molecule has 0 aliphatic carbocycles. The zero-order valence-corrected chi connectivity index (χ0v) is 16.4. The fraction of sp³-hybridized carbons (Fsp3) is 0.556. The predicted octanol–water partition coefficient (Wildman–Crippen LogP) is 3.15. The third kappa shape index (κ3) is 6.05. The smallest absolute Gasteiger partial charge is 0.407 e. The van der Waals surface area contributed by atoms with Crippen molar-refractivity contribution >= 4 is 23.7 Å². The first-order valence-corrected chi connectivity index (χ1v) is 8.95. The Bertz CT molecular complexity index is 676. The topological polar surface area (TPSA) is 66.0 Å². The van der Waals surface area contributed by atoms with Gasteiger partial charge in [-0.3, -0.25) is 4.99 Å². The highest BCUT2D eigenvalue weighted by Crippen LogP contribution is 2.16. The van der Waals surface area contributed by atoms with Gasteiger partial charge < -0.3 is 20.3 Å². The van der Waals surface area contributed by atoms with Crippen molar-refractivity contribution in [2.75, 3.05) is 20.1 Å². The molecule has 0 aromatic heterocycles. The van der Waals surface area contributed by atoms with Gasteiger partial charge in [0.05, 0.1) is 11.1 Å². The number of hydrogen-bond donors (Lipinski definition) is 2. The van der Waals surface area contributed by atoms with Crippen LogP contribution < -0.4 is 10.6 Å². The van der Waals surface area contributed by atoms with Crippen LogP contribution in [0.4, 0.5) is 9.18 Å². The average molecular weight is 385 g/mol. The third-order valence-electron chi connectivity index (χ3n) is 3.86. The number of aliphatic imine (C=N–C) groups is 1. The number of halogens is 2. The molecule has 26 heavy (non-hydrogen) atoms. The van der Waals surface area contributed by atoms with Crippen molar-refractivity contribution in [2.24, 2.45) is 4.99 Å². The molecule has 0 bridgehead atoms. The maximum Gasteiger partial charge on any atom is 0.407 e. The number of ether oxygens (including phenoxy) is 1. The van der Waals surface area contributed by atoms with Crippen LogP contribution in [0, 0.1) is 5.82 Å². The Labute approximate surface area is 158 Å². The standard InChI is InChI=1S/C18H26ClFN4O2/c1-18(2,3)26-17(25)23-13-7-8-24(11-13)16(21-4)22-10-12-5-6-15(20)14(19)9-12/h5-6,9,13H,7-8,10-11H2,1-4H3,(H,21,22)(H,23,25). The lowest BCUT2D eigenvalue weighted by atomic mass is 10.2. The fourth-order valence-corrected chi connectivity index (χ4v) is 2.91. The minimum atomic E-state index is -0.517. The summed E-state index contributed by atoms with van der Waals surface area (Å²) in [4.78, 5) is 18.2. The van der Waals surface area contributed by atoms with Gasteiger partial charge in [-0.05, 0) is 44.9 Å². The van der Waals surface area contributed by atoms with Crippen molar-refractivity contribution in [1.82, 2.24) is 15.5 Å². The molecule has 1 fully saturated rings. The average Bonchev–Trinajstić information content (AvgIpc) is 2.97. The van der Waals surface area contributed by atoms with Gasteiger partial charge >= 0.3 is 6.09 Å². The van der Waals surface area contributed by atoms with E-state index >= 15 is 0 Å². The van der Waals surface area contributed by atoms with Gasteiger partial charge in [-0.1, -0.05) is 17.7 Å². The minimum Gasteiger partial charge on any atom is -0.444 e. The number of hydrogen-bond acceptors (Lipinski definition) is 3. The van der Waals surface area contributed by atoms with E-state index in [0.717, 1.165) is 24.5 Å². The van der Waals surface area contributed by atoms with Crippen LogP contribution in [0.25, 0.3) is 0 Å². The van der Waals surface area contributed by atoms with Crippen molar-refractivity contribution in [3.05, 3.63) is 34.6 Å². The molecule has 144 valence electrons. The monoisotopic (exact) mass is 384 g/mol. The quantitative estimate of drug-likeness (QED) is 0.620. The summed E-state index contributed by atoms with van der Waals surface area (Å²) in [7, 11) is 1.70. The van der Waals surface area contributed by atoms with Crippen LogP contribution in [0.5, 0.6) is 0 Å². The maximum atomic E-state index is 13.2. The van der Waals surface area contributed by atoms with E-state index in [2.05, 4.69) is 20.5 Å². The van der Waals surface area contributed by atoms with E-state index in [1.807, 2.05) is 20.8 Å². The van der Waals surface area contributed by atoms with Crippen LogP contribution in [-0.4, -0.2) is 48.7 Å². The molecule has 6 nitrogen and oxygen atoms in total. The van der Waals surface area contributed by atoms with Crippen LogP contribution in [0.15, 0.2) is 23.2 Å². The zero-order chi connectivity index (χ0) is 19.3. The molecule has 1 aliphatic rings. The number of benzene rings is 1. The molecule has 0 saturated carbocycles. The number of nitrogens with one attached hydrogen (secondary N) is 2. The van der Waals surface area contributed by atoms with Crippen molar-refractivity contribution in [3.8, 4) is 0 Å². The molecule has 1 atom stereocenters. The van der Waals surface area contributed by atoms with Crippen LogP contribution in [0.2, 0.25) is 5.02 Å². The van der Waals surface area contributed by atoms with Gasteiger partial charge in [0.1, 0.15) is 11.4 Å². The first kappa shape index (κ1) is 20.3. The summed E-state index contributed by atoms with van der Waals surface area (Å²) < 4.78 is 18.5. The van der Waals surface area contributed by atoms with Crippen molar-refractivity contribution in [1.29, 1.82) is 0 Å². The van der Waals surface area contributed by atoms with Crippen LogP contribution >= 0.6 is 11.6 Å². The number of guanidine groups is 1. The van der Waals surface area contributed by atoms with Crippen LogP contribution in [0.1, 0.15) is 32.8 Å². The number of nitrogens with zero attached hydrogens (tertiary/aromatic N) is 2. The Balaban J connectivity index is 1.85. The third-order valence-corrected chi connectivity index (χ3v) is 4.14. The second-order valence-corrected chi connectivity index (χ2v) is 7.63. The van der Waals surface area contributed by atoms with Gasteiger partial charge in [0.15, 0.2) is 5.96 Å². The molecule has 1 heterocycles. The Kier molecular flexibility index (Phi) is 6.69. The lowest BCUT2D eigenvalue weighted by Gasteiger charge is -2.23. The summed E-state index contributed by atoms with van der Waals surface area (Å²) in [6, 6.07) is 4.62. The molecule has 8 heteroatoms. The second-order valence-electron chi connectivity index (χ2n) is 7.23. The summed E-state index contributed by atoms with van der Waals surface area (Å²) in [5, 5.41) is 6.22. The van der Waals surface area contributed by atoms with E-state index in [-0.39, 0.29) is 11.1 Å². The van der Waals surface area contributed by atoms with Gasteiger partial charge in [-0.15, -0.1) is 0 Å². The van der Waals surface area contributed by atoms with Gasteiger partial charge in [0.2, 0.25) is 0 Å². The van der Waals surface area contributed by atoms with E-state index in [9.17, 15) is 9.18 Å². The number of likely N-dealkylation sites (tertiary alicyclic amines) is 1. The van der Waals surface area contributed by atoms with Crippen LogP contribution in [-0.2, 0) is 11.3 Å². The Morgan fingerprint density at radius 3 is 2.81 bits per heavy atom. The van der Waals surface area contributed by atoms with Gasteiger partial charge in [-0.2, -0.15) is 0 Å². The molecule has 2 rings (SSSR count). The first-order chi connectivity index (χ1) is 12.2. The fourth-order valence-electron chi connectivity index (χ4n) is 2.71. The Morgan fingerprint density at radius 2 is 2.19 bits per heavy atom. The molecule has 1 amide bonds. The molecular formula is C18H26ClFN4O2. The number of carbonyl (C=O) groups excluding carboxylic acids is 1. The molecule has 1 aromatic carbocycles. The normalized spacial score (nSPS) is 18.0. The van der Waals surface area contributed by atoms with E-state index in [0.29, 0.717) is 13.1 Å². The molecular weight excluding hydrogens is 359 g/mol. The van der Waals surface area contributed by atoms with Crippen molar-refractivity contribution in [2.45, 2.75) is 45.4 Å². The molecule has 1 saturated heterocycles. The van der Waals surface area contributed by atoms with Gasteiger partial charge in [0.25, 0.3) is 0 Å². The minimum absolute atomic E-state index is 0.00339. The van der Waals surface area contributed by atoms with Crippen molar-refractivity contribution < 1.29 is 13.9 Å². The second kappa shape index (κ2) is 8.58. The summed E-state index contributed by atoms with van der Waals surface area (Å²) in [6.45, 7) is 7.39. The highest BCUT2D eigenvalue weighted by Gasteiger charge is 2.27. The molecule has 0 spiro atoms. The molecule has 2 N–H and O–H groups in total. The highest BCUT2D eigenvalue weighted by molar-refractivity contribution is 6.30. The van der Waals surface area contributed by atoms with E-state index in [1.165, 1.54) is 6.07 Å². The summed E-state index contributed by atoms with van der Waals surface area (Å²) in [6.07, 6.45) is 0.399. The summed E-state index contributed by atoms with van der Waals surface area (Å²) in [5.41, 5.74) is 0.344. The molecule has 1 unspecified atom stereocenters. The SMILES string of the molecule is CN=C(NCc1ccc(F)c(Cl)c1)N1CCC(NC(=O)OC(C)(C)C)C1. The van der Waals surface area contributed by atoms with E-state index in [1.54, 1.807) is 19.2 Å². The van der Waals surface area contributed by atoms with E-state index < -0.39 is 17.5 Å². The largest absolute Gasteiger partial charge is 0.444 e. The highest BCUT2D eigenvalue weighted by atomic mass is 35.5. The number of rotatable bonds is 3. The Morgan fingerprint density at radius 1 is 1.46 bits per heavy atom. The molecule has 1 aromatic rings. The van der Waals surface area contributed by atoms with Gasteiger partial charge in [0, 0.05) is 26.7 Å². The number of carbonyl (C=O) groups is 1. The lowest BCUT2D eigenvalue weighted by Crippen LogP contribution is -2.44. The summed E-state index contributed by atoms with van der Waals surface area (Å²) in [5.74, 6) is 0.286.